The summed E-state index contributed by atoms with van der Waals surface area (Å²) in [5.41, 5.74) is 0.105. The number of nitrogens with one attached hydrogen (secondary N) is 1. The van der Waals surface area contributed by atoms with E-state index in [1.165, 1.54) is 28.5 Å². The van der Waals surface area contributed by atoms with Gasteiger partial charge >= 0.3 is 5.97 Å². The number of sulfonamides is 1. The number of hydrogen-bond acceptors (Lipinski definition) is 7. The molecule has 1 atom stereocenters. The Morgan fingerprint density at radius 3 is 2.66 bits per heavy atom. The maximum absolute atomic E-state index is 12.8. The van der Waals surface area contributed by atoms with Gasteiger partial charge in [0.1, 0.15) is 10.6 Å². The van der Waals surface area contributed by atoms with Gasteiger partial charge in [-0.25, -0.2) is 8.42 Å². The van der Waals surface area contributed by atoms with Crippen LogP contribution in [0.4, 0.5) is 0 Å². The Hall–Kier alpha value is -2.05. The molecule has 3 heterocycles. The number of ether oxygens (including phenoxy) is 1. The molecular formula is C20H30N4O6S2. The highest BCUT2D eigenvalue weighted by molar-refractivity contribution is 7.99. The molecule has 10 nitrogen and oxygen atoms in total. The molecule has 0 saturated carbocycles. The van der Waals surface area contributed by atoms with E-state index in [1.54, 1.807) is 23.6 Å². The number of carbonyl (C=O) groups is 3. The number of likely N-dealkylation sites (N-methyl/N-ethyl adjacent to an activating group) is 1. The van der Waals surface area contributed by atoms with Crippen LogP contribution in [0.25, 0.3) is 0 Å². The summed E-state index contributed by atoms with van der Waals surface area (Å²) in [6, 6.07) is 1.32. The lowest BCUT2D eigenvalue weighted by Gasteiger charge is -2.32. The van der Waals surface area contributed by atoms with E-state index in [1.807, 2.05) is 0 Å². The lowest BCUT2D eigenvalue weighted by molar-refractivity contribution is -0.151. The van der Waals surface area contributed by atoms with Crippen LogP contribution in [0.3, 0.4) is 0 Å². The van der Waals surface area contributed by atoms with Gasteiger partial charge in [0.05, 0.1) is 19.1 Å². The third-order valence-corrected chi connectivity index (χ3v) is 8.43. The summed E-state index contributed by atoms with van der Waals surface area (Å²) in [7, 11) is -2.17. The smallest absolute Gasteiger partial charge is 0.310 e. The monoisotopic (exact) mass is 486 g/mol. The Balaban J connectivity index is 1.60. The summed E-state index contributed by atoms with van der Waals surface area (Å²) in [4.78, 5) is 43.1. The third-order valence-electron chi connectivity index (χ3n) is 5.61. The maximum atomic E-state index is 12.8. The van der Waals surface area contributed by atoms with Crippen LogP contribution >= 0.6 is 11.8 Å². The molecule has 3 rings (SSSR count). The number of piperidine rings is 1. The maximum Gasteiger partial charge on any atom is 0.310 e. The van der Waals surface area contributed by atoms with Crippen molar-refractivity contribution in [2.45, 2.75) is 24.7 Å². The predicted octanol–water partition coefficient (Wildman–Crippen LogP) is 0.626. The van der Waals surface area contributed by atoms with Crippen molar-refractivity contribution in [1.82, 2.24) is 19.1 Å². The van der Waals surface area contributed by atoms with Gasteiger partial charge in [0, 0.05) is 50.9 Å². The van der Waals surface area contributed by atoms with Crippen molar-refractivity contribution in [3.8, 4) is 0 Å². The van der Waals surface area contributed by atoms with Crippen LogP contribution < -0.4 is 0 Å². The van der Waals surface area contributed by atoms with Crippen LogP contribution in [0, 0.1) is 5.92 Å². The average molecular weight is 487 g/mol. The van der Waals surface area contributed by atoms with Gasteiger partial charge in [0.2, 0.25) is 15.9 Å². The normalized spacial score (nSPS) is 20.1. The largest absolute Gasteiger partial charge is 0.466 e. The summed E-state index contributed by atoms with van der Waals surface area (Å²) in [6.45, 7) is 3.56. The molecule has 1 N–H and O–H groups in total. The summed E-state index contributed by atoms with van der Waals surface area (Å²) in [5, 5.41) is 0. The Morgan fingerprint density at radius 2 is 1.97 bits per heavy atom. The SMILES string of the molecule is CCOC(=O)C1CCCN(C(=O)CN(C)C(=O)c2cc(S(=O)(=O)N3CCSCC3)c[nH]2)C1. The van der Waals surface area contributed by atoms with Crippen LogP contribution in [0.2, 0.25) is 0 Å². The molecule has 1 unspecified atom stereocenters. The van der Waals surface area contributed by atoms with Crippen molar-refractivity contribution in [2.75, 3.05) is 57.9 Å². The molecule has 12 heteroatoms. The summed E-state index contributed by atoms with van der Waals surface area (Å²) in [5.74, 6) is 0.0923. The molecule has 32 heavy (non-hydrogen) atoms. The highest BCUT2D eigenvalue weighted by Crippen LogP contribution is 2.22. The molecule has 2 fully saturated rings. The number of rotatable bonds is 7. The lowest BCUT2D eigenvalue weighted by atomic mass is 9.98. The number of esters is 1. The van der Waals surface area contributed by atoms with Crippen molar-refractivity contribution in [3.05, 3.63) is 18.0 Å². The number of thioether (sulfide) groups is 1. The highest BCUT2D eigenvalue weighted by Gasteiger charge is 2.31. The fourth-order valence-corrected chi connectivity index (χ4v) is 6.39. The molecule has 0 aliphatic carbocycles. The minimum absolute atomic E-state index is 0.0424. The van der Waals surface area contributed by atoms with E-state index in [9.17, 15) is 22.8 Å². The molecule has 1 aromatic rings. The number of H-pyrrole nitrogens is 1. The van der Waals surface area contributed by atoms with Gasteiger partial charge in [0.25, 0.3) is 5.91 Å². The van der Waals surface area contributed by atoms with Crippen LogP contribution in [-0.2, 0) is 24.3 Å². The van der Waals surface area contributed by atoms with Gasteiger partial charge in [-0.3, -0.25) is 14.4 Å². The second-order valence-electron chi connectivity index (χ2n) is 7.86. The average Bonchev–Trinajstić information content (AvgIpc) is 3.30. The van der Waals surface area contributed by atoms with Gasteiger partial charge in [-0.2, -0.15) is 16.1 Å². The van der Waals surface area contributed by atoms with Gasteiger partial charge < -0.3 is 19.5 Å². The molecule has 2 aliphatic rings. The molecule has 0 spiro atoms. The Labute approximate surface area is 192 Å². The molecule has 178 valence electrons. The van der Waals surface area contributed by atoms with Gasteiger partial charge in [-0.1, -0.05) is 0 Å². The predicted molar refractivity (Wildman–Crippen MR) is 120 cm³/mol. The Morgan fingerprint density at radius 1 is 1.25 bits per heavy atom. The number of hydrogen-bond donors (Lipinski definition) is 1. The quantitative estimate of drug-likeness (QED) is 0.561. The zero-order chi connectivity index (χ0) is 23.3. The zero-order valence-electron chi connectivity index (χ0n) is 18.4. The van der Waals surface area contributed by atoms with Crippen molar-refractivity contribution >= 4 is 39.6 Å². The van der Waals surface area contributed by atoms with E-state index in [0.29, 0.717) is 39.1 Å². The number of nitrogens with zero attached hydrogens (tertiary/aromatic N) is 3. The number of aromatic amines is 1. The van der Waals surface area contributed by atoms with E-state index >= 15 is 0 Å². The summed E-state index contributed by atoms with van der Waals surface area (Å²) in [6.07, 6.45) is 2.68. The third kappa shape index (κ3) is 5.65. The van der Waals surface area contributed by atoms with Gasteiger partial charge in [-0.05, 0) is 25.8 Å². The molecule has 0 bridgehead atoms. The molecule has 2 amide bonds. The van der Waals surface area contributed by atoms with Crippen molar-refractivity contribution in [3.63, 3.8) is 0 Å². The van der Waals surface area contributed by atoms with Crippen LogP contribution in [0.5, 0.6) is 0 Å². The summed E-state index contributed by atoms with van der Waals surface area (Å²) >= 11 is 1.71. The first-order valence-electron chi connectivity index (χ1n) is 10.7. The van der Waals surface area contributed by atoms with E-state index in [2.05, 4.69) is 4.98 Å². The standard InChI is InChI=1S/C20H30N4O6S2/c1-3-30-20(27)15-5-4-6-23(13-15)18(25)14-22(2)19(26)17-11-16(12-21-17)32(28,29)24-7-9-31-10-8-24/h11-12,15,21H,3-10,13-14H2,1-2H3. The van der Waals surface area contributed by atoms with Crippen molar-refractivity contribution < 1.29 is 27.5 Å². The second kappa shape index (κ2) is 10.7. The van der Waals surface area contributed by atoms with Crippen LogP contribution in [0.15, 0.2) is 17.2 Å². The molecule has 1 aromatic heterocycles. The molecule has 2 aliphatic heterocycles. The first-order chi connectivity index (χ1) is 15.2. The Kier molecular flexibility index (Phi) is 8.23. The summed E-state index contributed by atoms with van der Waals surface area (Å²) < 4.78 is 32.0. The lowest BCUT2D eigenvalue weighted by Crippen LogP contribution is -2.47. The fraction of sp³-hybridized carbons (Fsp3) is 0.650. The van der Waals surface area contributed by atoms with Gasteiger partial charge in [-0.15, -0.1) is 0 Å². The van der Waals surface area contributed by atoms with E-state index < -0.39 is 15.9 Å². The van der Waals surface area contributed by atoms with Crippen LogP contribution in [-0.4, -0.2) is 103 Å². The number of amides is 2. The molecule has 0 aromatic carbocycles. The number of likely N-dealkylation sites (tertiary alicyclic amines) is 1. The Bertz CT molecular complexity index is 942. The second-order valence-corrected chi connectivity index (χ2v) is 11.0. The highest BCUT2D eigenvalue weighted by atomic mass is 32.2. The number of carbonyl (C=O) groups excluding carboxylic acids is 3. The molecule has 0 radical (unpaired) electrons. The van der Waals surface area contributed by atoms with E-state index in [4.69, 9.17) is 4.74 Å². The minimum atomic E-state index is -3.66. The molecule has 2 saturated heterocycles. The number of aromatic nitrogens is 1. The van der Waals surface area contributed by atoms with Crippen molar-refractivity contribution in [2.24, 2.45) is 5.92 Å². The first-order valence-corrected chi connectivity index (χ1v) is 13.3. The van der Waals surface area contributed by atoms with E-state index in [-0.39, 0.29) is 41.5 Å². The first kappa shape index (κ1) is 24.6. The molecular weight excluding hydrogens is 456 g/mol. The topological polar surface area (TPSA) is 120 Å². The zero-order valence-corrected chi connectivity index (χ0v) is 20.0. The van der Waals surface area contributed by atoms with Crippen molar-refractivity contribution in [1.29, 1.82) is 0 Å². The fourth-order valence-electron chi connectivity index (χ4n) is 3.82. The van der Waals surface area contributed by atoms with E-state index in [0.717, 1.165) is 11.5 Å². The van der Waals surface area contributed by atoms with Gasteiger partial charge in [0.15, 0.2) is 0 Å². The van der Waals surface area contributed by atoms with Crippen LogP contribution in [0.1, 0.15) is 30.3 Å². The minimum Gasteiger partial charge on any atom is -0.466 e.